The van der Waals surface area contributed by atoms with Gasteiger partial charge in [-0.1, -0.05) is 13.0 Å². The van der Waals surface area contributed by atoms with Crippen LogP contribution in [0.4, 0.5) is 0 Å². The van der Waals surface area contributed by atoms with Gasteiger partial charge in [0.15, 0.2) is 11.4 Å². The maximum atomic E-state index is 13.9. The van der Waals surface area contributed by atoms with Crippen LogP contribution in [0.3, 0.4) is 0 Å². The number of amides is 2. The second-order valence-corrected chi connectivity index (χ2v) is 11.2. The number of allylic oxidation sites excluding steroid dienone is 1. The fourth-order valence-electron chi connectivity index (χ4n) is 6.44. The fourth-order valence-corrected chi connectivity index (χ4v) is 6.44. The second-order valence-electron chi connectivity index (χ2n) is 11.2. The molecule has 0 fully saturated rings. The topological polar surface area (TPSA) is 194 Å². The number of hydrogen-bond donors (Lipinski definition) is 6. The van der Waals surface area contributed by atoms with E-state index in [1.165, 1.54) is 4.90 Å². The molecule has 216 valence electrons. The maximum absolute atomic E-state index is 13.9. The summed E-state index contributed by atoms with van der Waals surface area (Å²) in [7, 11) is 6.65. The normalized spacial score (nSPS) is 26.1. The van der Waals surface area contributed by atoms with Crippen molar-refractivity contribution in [2.45, 2.75) is 44.4 Å². The van der Waals surface area contributed by atoms with Crippen molar-refractivity contribution in [3.05, 3.63) is 51.0 Å². The van der Waals surface area contributed by atoms with Crippen LogP contribution in [0.1, 0.15) is 40.4 Å². The molecule has 40 heavy (non-hydrogen) atoms. The van der Waals surface area contributed by atoms with E-state index in [2.05, 4.69) is 5.32 Å². The predicted octanol–water partition coefficient (Wildman–Crippen LogP) is -0.139. The number of ketones is 2. The lowest BCUT2D eigenvalue weighted by Crippen LogP contribution is -2.63. The average molecular weight is 557 g/mol. The molecule has 1 unspecified atom stereocenters. The van der Waals surface area contributed by atoms with E-state index in [0.717, 1.165) is 5.56 Å². The molecule has 1 aromatic rings. The summed E-state index contributed by atoms with van der Waals surface area (Å²) >= 11 is 0. The Morgan fingerprint density at radius 1 is 1.12 bits per heavy atom. The zero-order valence-corrected chi connectivity index (χ0v) is 23.2. The standard InChI is InChI=1S/C28H36N4O8/c1-6-12-7-14(10-30-17(33)11-31(2)3)22(34)19-15(12)8-13-9-16-21(32(4)5)24(36)20(27(29)39)26(38)28(16,40)25(37)18(13)23(19)35/h7,13,16,21,34,36-37,40H,6,8-11H2,1-5H3,(H2,29,39)(H,30,33)/t13-,16+,21?,28-/m1/s1. The number of nitrogens with two attached hydrogens (primary N) is 1. The number of nitrogens with zero attached hydrogens (tertiary/aromatic N) is 2. The largest absolute Gasteiger partial charge is 0.510 e. The lowest BCUT2D eigenvalue weighted by Gasteiger charge is -2.50. The highest BCUT2D eigenvalue weighted by atomic mass is 16.3. The Hall–Kier alpha value is -3.74. The Morgan fingerprint density at radius 2 is 1.77 bits per heavy atom. The third-order valence-corrected chi connectivity index (χ3v) is 8.21. The molecule has 0 saturated carbocycles. The Kier molecular flexibility index (Phi) is 7.56. The number of benzene rings is 1. The summed E-state index contributed by atoms with van der Waals surface area (Å²) in [4.78, 5) is 54.9. The first-order valence-electron chi connectivity index (χ1n) is 13.1. The second kappa shape index (κ2) is 10.3. The first-order valence-corrected chi connectivity index (χ1v) is 13.1. The smallest absolute Gasteiger partial charge is 0.255 e. The number of carbonyl (C=O) groups is 4. The Bertz CT molecular complexity index is 1380. The van der Waals surface area contributed by atoms with Crippen LogP contribution in [-0.2, 0) is 33.8 Å². The van der Waals surface area contributed by atoms with Gasteiger partial charge in [0.25, 0.3) is 5.91 Å². The van der Waals surface area contributed by atoms with Crippen molar-refractivity contribution in [2.24, 2.45) is 17.6 Å². The van der Waals surface area contributed by atoms with E-state index in [1.54, 1.807) is 39.2 Å². The molecule has 3 aliphatic carbocycles. The Labute approximate surface area is 231 Å². The molecule has 1 aromatic carbocycles. The van der Waals surface area contributed by atoms with Crippen LogP contribution >= 0.6 is 0 Å². The van der Waals surface area contributed by atoms with Gasteiger partial charge in [-0.05, 0) is 64.5 Å². The van der Waals surface area contributed by atoms with Crippen molar-refractivity contribution in [2.75, 3.05) is 34.7 Å². The zero-order valence-electron chi connectivity index (χ0n) is 23.2. The minimum Gasteiger partial charge on any atom is -0.510 e. The summed E-state index contributed by atoms with van der Waals surface area (Å²) in [5.41, 5.74) is 3.23. The fraction of sp³-hybridized carbons (Fsp3) is 0.500. The lowest BCUT2D eigenvalue weighted by atomic mass is 9.58. The van der Waals surface area contributed by atoms with Gasteiger partial charge < -0.3 is 36.4 Å². The predicted molar refractivity (Wildman–Crippen MR) is 143 cm³/mol. The maximum Gasteiger partial charge on any atom is 0.255 e. The van der Waals surface area contributed by atoms with Crippen LogP contribution in [-0.4, -0.2) is 100.0 Å². The number of aliphatic hydroxyl groups excluding tert-OH is 2. The van der Waals surface area contributed by atoms with Gasteiger partial charge in [0.05, 0.1) is 18.2 Å². The number of aryl methyl sites for hydroxylation is 1. The third-order valence-electron chi connectivity index (χ3n) is 8.21. The molecule has 0 spiro atoms. The highest BCUT2D eigenvalue weighted by Gasteiger charge is 2.63. The van der Waals surface area contributed by atoms with Gasteiger partial charge in [-0.25, -0.2) is 0 Å². The molecule has 3 aliphatic rings. The third kappa shape index (κ3) is 4.36. The van der Waals surface area contributed by atoms with Gasteiger partial charge in [0.1, 0.15) is 22.8 Å². The number of primary amides is 1. The zero-order chi connectivity index (χ0) is 29.8. The molecule has 0 saturated heterocycles. The van der Waals surface area contributed by atoms with Gasteiger partial charge in [0.2, 0.25) is 11.7 Å². The van der Waals surface area contributed by atoms with Gasteiger partial charge in [-0.2, -0.15) is 0 Å². The SMILES string of the molecule is CCc1cc(CNC(=O)CN(C)C)c(O)c2c1C[C@@H]1C[C@H]3C(N(C)C)C(O)=C(C(N)=O)C(=O)[C@]3(O)C(O)=C1C2=O. The summed E-state index contributed by atoms with van der Waals surface area (Å²) in [6, 6.07) is 0.698. The highest BCUT2D eigenvalue weighted by Crippen LogP contribution is 2.52. The number of likely N-dealkylation sites (N-methyl/N-ethyl adjacent to an activating group) is 2. The molecule has 0 aromatic heterocycles. The summed E-state index contributed by atoms with van der Waals surface area (Å²) in [5, 5.41) is 47.9. The van der Waals surface area contributed by atoms with Crippen molar-refractivity contribution in [1.29, 1.82) is 0 Å². The molecule has 4 rings (SSSR count). The molecular formula is C28H36N4O8. The summed E-state index contributed by atoms with van der Waals surface area (Å²) < 4.78 is 0. The molecule has 0 heterocycles. The Balaban J connectivity index is 1.85. The molecule has 2 amide bonds. The van der Waals surface area contributed by atoms with E-state index in [-0.39, 0.29) is 48.7 Å². The van der Waals surface area contributed by atoms with Gasteiger partial charge in [-0.15, -0.1) is 0 Å². The van der Waals surface area contributed by atoms with Crippen molar-refractivity contribution in [3.8, 4) is 5.75 Å². The molecule has 4 atom stereocenters. The molecule has 12 nitrogen and oxygen atoms in total. The van der Waals surface area contributed by atoms with Crippen LogP contribution < -0.4 is 11.1 Å². The number of fused-ring (bicyclic) bond motifs is 3. The van der Waals surface area contributed by atoms with Crippen LogP contribution in [0, 0.1) is 11.8 Å². The van der Waals surface area contributed by atoms with Crippen LogP contribution in [0.25, 0.3) is 0 Å². The molecule has 0 radical (unpaired) electrons. The summed E-state index contributed by atoms with van der Waals surface area (Å²) in [6.07, 6.45) is 0.764. The number of Topliss-reactive ketones (excluding diaryl/α,β-unsaturated/α-hetero) is 2. The number of aromatic hydroxyl groups is 1. The molecule has 0 bridgehead atoms. The van der Waals surface area contributed by atoms with E-state index in [9.17, 15) is 39.6 Å². The summed E-state index contributed by atoms with van der Waals surface area (Å²) in [5.74, 6) is -7.17. The highest BCUT2D eigenvalue weighted by molar-refractivity contribution is 6.24. The first-order chi connectivity index (χ1) is 18.7. The molecule has 0 aliphatic heterocycles. The molecule has 12 heteroatoms. The van der Waals surface area contributed by atoms with Gasteiger partial charge in [0, 0.05) is 23.6 Å². The first kappa shape index (κ1) is 29.2. The van der Waals surface area contributed by atoms with Crippen molar-refractivity contribution >= 4 is 23.4 Å². The van der Waals surface area contributed by atoms with Crippen molar-refractivity contribution in [3.63, 3.8) is 0 Å². The van der Waals surface area contributed by atoms with E-state index < -0.39 is 58.0 Å². The molecular weight excluding hydrogens is 520 g/mol. The van der Waals surface area contributed by atoms with E-state index in [4.69, 9.17) is 5.73 Å². The minimum atomic E-state index is -2.69. The quantitative estimate of drug-likeness (QED) is 0.246. The van der Waals surface area contributed by atoms with E-state index in [1.807, 2.05) is 6.92 Å². The molecule has 7 N–H and O–H groups in total. The van der Waals surface area contributed by atoms with E-state index >= 15 is 0 Å². The number of nitrogens with one attached hydrogen (secondary N) is 1. The van der Waals surface area contributed by atoms with Crippen molar-refractivity contribution in [1.82, 2.24) is 15.1 Å². The van der Waals surface area contributed by atoms with Crippen LogP contribution in [0.5, 0.6) is 5.75 Å². The monoisotopic (exact) mass is 556 g/mol. The number of carbonyl (C=O) groups excluding carboxylic acids is 4. The van der Waals surface area contributed by atoms with Gasteiger partial charge >= 0.3 is 0 Å². The number of aliphatic hydroxyl groups is 3. The summed E-state index contributed by atoms with van der Waals surface area (Å²) in [6.45, 7) is 1.98. The van der Waals surface area contributed by atoms with Crippen LogP contribution in [0.2, 0.25) is 0 Å². The van der Waals surface area contributed by atoms with Gasteiger partial charge in [-0.3, -0.25) is 24.1 Å². The average Bonchev–Trinajstić information content (AvgIpc) is 2.85. The lowest BCUT2D eigenvalue weighted by molar-refractivity contribution is -0.148. The number of hydrogen-bond acceptors (Lipinski definition) is 10. The van der Waals surface area contributed by atoms with Crippen molar-refractivity contribution < 1.29 is 39.6 Å². The number of rotatable bonds is 7. The van der Waals surface area contributed by atoms with E-state index in [0.29, 0.717) is 17.5 Å². The number of phenolic OH excluding ortho intramolecular Hbond substituents is 1. The number of phenols is 1. The Morgan fingerprint density at radius 3 is 2.33 bits per heavy atom. The van der Waals surface area contributed by atoms with Crippen LogP contribution in [0.15, 0.2) is 28.7 Å². The minimum absolute atomic E-state index is 0.0258.